The van der Waals surface area contributed by atoms with Gasteiger partial charge in [0.2, 0.25) is 5.76 Å². The van der Waals surface area contributed by atoms with E-state index in [2.05, 4.69) is 0 Å². The zero-order valence-electron chi connectivity index (χ0n) is 9.09. The summed E-state index contributed by atoms with van der Waals surface area (Å²) >= 11 is 0. The second-order valence-corrected chi connectivity index (χ2v) is 3.73. The Kier molecular flexibility index (Phi) is 2.83. The summed E-state index contributed by atoms with van der Waals surface area (Å²) < 4.78 is 31.6. The van der Waals surface area contributed by atoms with Crippen LogP contribution in [0.2, 0.25) is 0 Å². The number of aromatic carboxylic acids is 1. The number of carboxylic acids is 1. The van der Waals surface area contributed by atoms with E-state index in [0.29, 0.717) is 12.8 Å². The van der Waals surface area contributed by atoms with E-state index in [1.54, 1.807) is 0 Å². The van der Waals surface area contributed by atoms with E-state index >= 15 is 0 Å². The van der Waals surface area contributed by atoms with E-state index in [9.17, 15) is 13.6 Å². The van der Waals surface area contributed by atoms with Crippen LogP contribution in [0.1, 0.15) is 29.5 Å². The highest BCUT2D eigenvalue weighted by Crippen LogP contribution is 2.30. The molecular formula is C12H10F2O3. The number of benzene rings is 1. The fourth-order valence-corrected chi connectivity index (χ4v) is 1.87. The number of halogens is 2. The first-order valence-corrected chi connectivity index (χ1v) is 5.18. The van der Waals surface area contributed by atoms with Gasteiger partial charge >= 0.3 is 5.97 Å². The van der Waals surface area contributed by atoms with Crippen LogP contribution in [-0.4, -0.2) is 11.1 Å². The number of rotatable bonds is 3. The van der Waals surface area contributed by atoms with Gasteiger partial charge in [0.1, 0.15) is 17.2 Å². The van der Waals surface area contributed by atoms with Gasteiger partial charge in [-0.2, -0.15) is 0 Å². The third-order valence-electron chi connectivity index (χ3n) is 2.50. The number of fused-ring (bicyclic) bond motifs is 1. The maximum atomic E-state index is 13.6. The van der Waals surface area contributed by atoms with Gasteiger partial charge in [-0.05, 0) is 6.42 Å². The van der Waals surface area contributed by atoms with Gasteiger partial charge in [0.25, 0.3) is 0 Å². The van der Waals surface area contributed by atoms with E-state index in [1.165, 1.54) is 0 Å². The molecule has 2 aromatic rings. The fraction of sp³-hybridized carbons (Fsp3) is 0.250. The number of carbonyl (C=O) groups is 1. The van der Waals surface area contributed by atoms with E-state index in [4.69, 9.17) is 9.52 Å². The zero-order valence-corrected chi connectivity index (χ0v) is 9.09. The quantitative estimate of drug-likeness (QED) is 0.894. The number of aryl methyl sites for hydroxylation is 1. The van der Waals surface area contributed by atoms with E-state index < -0.39 is 17.6 Å². The molecule has 0 radical (unpaired) electrons. The number of hydrogen-bond donors (Lipinski definition) is 1. The van der Waals surface area contributed by atoms with Gasteiger partial charge in [0.05, 0.1) is 5.39 Å². The first-order chi connectivity index (χ1) is 8.04. The van der Waals surface area contributed by atoms with Crippen LogP contribution in [0.15, 0.2) is 16.5 Å². The van der Waals surface area contributed by atoms with Crippen LogP contribution in [0.5, 0.6) is 0 Å². The van der Waals surface area contributed by atoms with Crippen LogP contribution in [-0.2, 0) is 6.42 Å². The molecule has 1 aromatic carbocycles. The summed E-state index contributed by atoms with van der Waals surface area (Å²) in [6, 6.07) is 1.71. The molecule has 0 saturated heterocycles. The molecule has 1 N–H and O–H groups in total. The summed E-state index contributed by atoms with van der Waals surface area (Å²) in [7, 11) is 0. The third kappa shape index (κ3) is 1.88. The van der Waals surface area contributed by atoms with Crippen molar-refractivity contribution in [2.75, 3.05) is 0 Å². The molecule has 5 heteroatoms. The van der Waals surface area contributed by atoms with Crippen molar-refractivity contribution in [1.29, 1.82) is 0 Å². The minimum Gasteiger partial charge on any atom is -0.475 e. The summed E-state index contributed by atoms with van der Waals surface area (Å²) in [5.74, 6) is -3.17. The molecule has 1 heterocycles. The molecule has 0 aliphatic heterocycles. The van der Waals surface area contributed by atoms with Crippen molar-refractivity contribution in [3.05, 3.63) is 35.1 Å². The smallest absolute Gasteiger partial charge is 0.372 e. The van der Waals surface area contributed by atoms with Gasteiger partial charge in [-0.1, -0.05) is 13.3 Å². The Morgan fingerprint density at radius 2 is 2.12 bits per heavy atom. The van der Waals surface area contributed by atoms with Gasteiger partial charge in [-0.25, -0.2) is 13.6 Å². The van der Waals surface area contributed by atoms with Crippen molar-refractivity contribution in [3.8, 4) is 0 Å². The molecule has 0 unspecified atom stereocenters. The van der Waals surface area contributed by atoms with Crippen LogP contribution < -0.4 is 0 Å². The van der Waals surface area contributed by atoms with Gasteiger partial charge in [0.15, 0.2) is 0 Å². The van der Waals surface area contributed by atoms with Gasteiger partial charge in [0, 0.05) is 17.7 Å². The van der Waals surface area contributed by atoms with Crippen molar-refractivity contribution in [2.24, 2.45) is 0 Å². The largest absolute Gasteiger partial charge is 0.475 e. The average Bonchev–Trinajstić information content (AvgIpc) is 2.57. The Labute approximate surface area is 95.7 Å². The summed E-state index contributed by atoms with van der Waals surface area (Å²) in [5.41, 5.74) is 0.218. The van der Waals surface area contributed by atoms with Crippen LogP contribution in [0.25, 0.3) is 11.0 Å². The topological polar surface area (TPSA) is 50.4 Å². The average molecular weight is 240 g/mol. The molecule has 90 valence electrons. The van der Waals surface area contributed by atoms with Gasteiger partial charge in [-0.15, -0.1) is 0 Å². The molecule has 0 amide bonds. The van der Waals surface area contributed by atoms with Crippen molar-refractivity contribution in [3.63, 3.8) is 0 Å². The van der Waals surface area contributed by atoms with Crippen molar-refractivity contribution in [2.45, 2.75) is 19.8 Å². The number of hydrogen-bond acceptors (Lipinski definition) is 2. The predicted molar refractivity (Wildman–Crippen MR) is 57.1 cm³/mol. The molecule has 0 atom stereocenters. The Bertz CT molecular complexity index is 587. The Morgan fingerprint density at radius 3 is 2.71 bits per heavy atom. The highest BCUT2D eigenvalue weighted by Gasteiger charge is 2.22. The van der Waals surface area contributed by atoms with Crippen LogP contribution in [0.4, 0.5) is 8.78 Å². The van der Waals surface area contributed by atoms with Crippen molar-refractivity contribution < 1.29 is 23.1 Å². The normalized spacial score (nSPS) is 11.0. The van der Waals surface area contributed by atoms with Crippen molar-refractivity contribution in [1.82, 2.24) is 0 Å². The van der Waals surface area contributed by atoms with Gasteiger partial charge in [-0.3, -0.25) is 0 Å². The lowest BCUT2D eigenvalue weighted by atomic mass is 10.1. The SMILES string of the molecule is CCCc1c(C(=O)O)oc2cc(F)cc(F)c12. The fourth-order valence-electron chi connectivity index (χ4n) is 1.87. The summed E-state index contributed by atoms with van der Waals surface area (Å²) in [6.07, 6.45) is 1.02. The zero-order chi connectivity index (χ0) is 12.6. The van der Waals surface area contributed by atoms with E-state index in [-0.39, 0.29) is 22.3 Å². The number of furan rings is 1. The first kappa shape index (κ1) is 11.6. The second kappa shape index (κ2) is 4.16. The molecule has 0 aliphatic carbocycles. The maximum absolute atomic E-state index is 13.6. The van der Waals surface area contributed by atoms with Crippen LogP contribution in [0.3, 0.4) is 0 Å². The lowest BCUT2D eigenvalue weighted by molar-refractivity contribution is 0.0663. The van der Waals surface area contributed by atoms with Crippen molar-refractivity contribution >= 4 is 16.9 Å². The minimum atomic E-state index is -1.27. The highest BCUT2D eigenvalue weighted by molar-refractivity contribution is 5.95. The second-order valence-electron chi connectivity index (χ2n) is 3.73. The number of carboxylic acid groups (broad SMARTS) is 1. The minimum absolute atomic E-state index is 0.0608. The first-order valence-electron chi connectivity index (χ1n) is 5.18. The third-order valence-corrected chi connectivity index (χ3v) is 2.50. The van der Waals surface area contributed by atoms with Crippen LogP contribution in [0, 0.1) is 11.6 Å². The summed E-state index contributed by atoms with van der Waals surface area (Å²) in [5, 5.41) is 9.00. The highest BCUT2D eigenvalue weighted by atomic mass is 19.1. The van der Waals surface area contributed by atoms with E-state index in [0.717, 1.165) is 12.1 Å². The molecule has 3 nitrogen and oxygen atoms in total. The predicted octanol–water partition coefficient (Wildman–Crippen LogP) is 3.36. The Morgan fingerprint density at radius 1 is 1.41 bits per heavy atom. The molecule has 0 saturated carbocycles. The molecular weight excluding hydrogens is 230 g/mol. The monoisotopic (exact) mass is 240 g/mol. The maximum Gasteiger partial charge on any atom is 0.372 e. The Balaban J connectivity index is 2.80. The molecule has 0 aliphatic rings. The molecule has 2 rings (SSSR count). The molecule has 17 heavy (non-hydrogen) atoms. The molecule has 1 aromatic heterocycles. The van der Waals surface area contributed by atoms with Gasteiger partial charge < -0.3 is 9.52 Å². The van der Waals surface area contributed by atoms with E-state index in [1.807, 2.05) is 6.92 Å². The molecule has 0 bridgehead atoms. The molecule has 0 spiro atoms. The molecule has 0 fully saturated rings. The lowest BCUT2D eigenvalue weighted by Crippen LogP contribution is -1.99. The Hall–Kier alpha value is -1.91. The lowest BCUT2D eigenvalue weighted by Gasteiger charge is -1.98. The standard InChI is InChI=1S/C12H10F2O3/c1-2-3-7-10-8(14)4-6(13)5-9(10)17-11(7)12(15)16/h4-5H,2-3H2,1H3,(H,15,16). The van der Waals surface area contributed by atoms with Crippen LogP contribution >= 0.6 is 0 Å². The summed E-state index contributed by atoms with van der Waals surface area (Å²) in [4.78, 5) is 11.0. The summed E-state index contributed by atoms with van der Waals surface area (Å²) in [6.45, 7) is 1.84.